The molecule has 0 aromatic heterocycles. The predicted molar refractivity (Wildman–Crippen MR) is 76.9 cm³/mol. The molecule has 2 rings (SSSR count). The summed E-state index contributed by atoms with van der Waals surface area (Å²) in [6.45, 7) is 2.74. The number of rotatable bonds is 5. The highest BCUT2D eigenvalue weighted by atomic mass is 16.5. The van der Waals surface area contributed by atoms with Crippen molar-refractivity contribution in [2.24, 2.45) is 0 Å². The van der Waals surface area contributed by atoms with Crippen LogP contribution in [-0.4, -0.2) is 19.1 Å². The third kappa shape index (κ3) is 3.80. The summed E-state index contributed by atoms with van der Waals surface area (Å²) in [5.41, 5.74) is 1.22. The first kappa shape index (κ1) is 13.6. The second kappa shape index (κ2) is 6.34. The van der Waals surface area contributed by atoms with E-state index in [1.54, 1.807) is 0 Å². The van der Waals surface area contributed by atoms with Gasteiger partial charge in [-0.15, -0.1) is 0 Å². The van der Waals surface area contributed by atoms with Gasteiger partial charge in [0.1, 0.15) is 0 Å². The van der Waals surface area contributed by atoms with Crippen molar-refractivity contribution in [3.63, 3.8) is 0 Å². The minimum Gasteiger partial charge on any atom is -0.469 e. The number of carbonyl (C=O) groups is 1. The summed E-state index contributed by atoms with van der Waals surface area (Å²) in [6, 6.07) is 14.8. The Balaban J connectivity index is 1.96. The molecule has 2 aromatic carbocycles. The summed E-state index contributed by atoms with van der Waals surface area (Å²) >= 11 is 0. The molecule has 0 aliphatic heterocycles. The molecule has 3 heteroatoms. The Bertz CT molecular complexity index is 565. The van der Waals surface area contributed by atoms with Crippen LogP contribution in [-0.2, 0) is 16.1 Å². The lowest BCUT2D eigenvalue weighted by atomic mass is 10.1. The average Bonchev–Trinajstić information content (AvgIpc) is 2.44. The van der Waals surface area contributed by atoms with Crippen LogP contribution in [0.3, 0.4) is 0 Å². The van der Waals surface area contributed by atoms with Crippen molar-refractivity contribution in [2.75, 3.05) is 7.11 Å². The number of methoxy groups -OCH3 is 1. The Kier molecular flexibility index (Phi) is 4.53. The lowest BCUT2D eigenvalue weighted by Crippen LogP contribution is -2.28. The van der Waals surface area contributed by atoms with Gasteiger partial charge in [-0.25, -0.2) is 0 Å². The Morgan fingerprint density at radius 2 is 1.95 bits per heavy atom. The van der Waals surface area contributed by atoms with Crippen molar-refractivity contribution < 1.29 is 9.53 Å². The molecule has 2 aromatic rings. The second-order valence-corrected chi connectivity index (χ2v) is 4.74. The Morgan fingerprint density at radius 3 is 2.68 bits per heavy atom. The molecule has 19 heavy (non-hydrogen) atoms. The van der Waals surface area contributed by atoms with E-state index in [-0.39, 0.29) is 12.0 Å². The number of hydrogen-bond donors (Lipinski definition) is 1. The van der Waals surface area contributed by atoms with Crippen LogP contribution in [0.2, 0.25) is 0 Å². The molecule has 1 atom stereocenters. The van der Waals surface area contributed by atoms with Crippen molar-refractivity contribution in [2.45, 2.75) is 25.9 Å². The van der Waals surface area contributed by atoms with E-state index in [2.05, 4.69) is 40.4 Å². The molecule has 0 fully saturated rings. The van der Waals surface area contributed by atoms with Crippen LogP contribution < -0.4 is 5.32 Å². The van der Waals surface area contributed by atoms with E-state index in [1.807, 2.05) is 19.1 Å². The van der Waals surface area contributed by atoms with Gasteiger partial charge in [0.2, 0.25) is 0 Å². The quantitative estimate of drug-likeness (QED) is 0.837. The first-order chi connectivity index (χ1) is 9.19. The Labute approximate surface area is 113 Å². The van der Waals surface area contributed by atoms with Crippen molar-refractivity contribution >= 4 is 16.7 Å². The highest BCUT2D eigenvalue weighted by Gasteiger charge is 2.08. The minimum absolute atomic E-state index is 0.110. The smallest absolute Gasteiger partial charge is 0.307 e. The van der Waals surface area contributed by atoms with Crippen LogP contribution >= 0.6 is 0 Å². The maximum Gasteiger partial charge on any atom is 0.307 e. The fourth-order valence-corrected chi connectivity index (χ4v) is 2.05. The average molecular weight is 257 g/mol. The monoisotopic (exact) mass is 257 g/mol. The first-order valence-electron chi connectivity index (χ1n) is 6.47. The van der Waals surface area contributed by atoms with E-state index in [0.29, 0.717) is 6.42 Å². The number of esters is 1. The number of ether oxygens (including phenoxy) is 1. The minimum atomic E-state index is -0.182. The molecular weight excluding hydrogens is 238 g/mol. The zero-order valence-corrected chi connectivity index (χ0v) is 11.3. The zero-order chi connectivity index (χ0) is 13.7. The third-order valence-electron chi connectivity index (χ3n) is 3.17. The SMILES string of the molecule is COC(=O)CC(C)NCc1ccc2ccccc2c1. The van der Waals surface area contributed by atoms with Gasteiger partial charge in [0.05, 0.1) is 13.5 Å². The fourth-order valence-electron chi connectivity index (χ4n) is 2.05. The van der Waals surface area contributed by atoms with Gasteiger partial charge in [0, 0.05) is 12.6 Å². The highest BCUT2D eigenvalue weighted by Crippen LogP contribution is 2.15. The van der Waals surface area contributed by atoms with Gasteiger partial charge in [0.25, 0.3) is 0 Å². The molecule has 0 heterocycles. The van der Waals surface area contributed by atoms with E-state index < -0.39 is 0 Å². The van der Waals surface area contributed by atoms with Crippen molar-refractivity contribution in [3.05, 3.63) is 48.0 Å². The van der Waals surface area contributed by atoms with Gasteiger partial charge in [-0.1, -0.05) is 36.4 Å². The summed E-state index contributed by atoms with van der Waals surface area (Å²) in [7, 11) is 1.42. The van der Waals surface area contributed by atoms with Gasteiger partial charge in [-0.2, -0.15) is 0 Å². The van der Waals surface area contributed by atoms with E-state index in [4.69, 9.17) is 0 Å². The van der Waals surface area contributed by atoms with E-state index >= 15 is 0 Å². The normalized spacial score (nSPS) is 12.3. The molecular formula is C16H19NO2. The number of benzene rings is 2. The van der Waals surface area contributed by atoms with Gasteiger partial charge in [0.15, 0.2) is 0 Å². The molecule has 0 saturated heterocycles. The molecule has 1 N–H and O–H groups in total. The Hall–Kier alpha value is -1.87. The van der Waals surface area contributed by atoms with Crippen molar-refractivity contribution in [1.82, 2.24) is 5.32 Å². The van der Waals surface area contributed by atoms with Crippen LogP contribution in [0.15, 0.2) is 42.5 Å². The van der Waals surface area contributed by atoms with Crippen LogP contribution in [0.25, 0.3) is 10.8 Å². The molecule has 0 radical (unpaired) electrons. The van der Waals surface area contributed by atoms with Gasteiger partial charge in [-0.05, 0) is 29.3 Å². The lowest BCUT2D eigenvalue weighted by molar-refractivity contribution is -0.141. The van der Waals surface area contributed by atoms with Crippen LogP contribution in [0.4, 0.5) is 0 Å². The standard InChI is InChI=1S/C16H19NO2/c1-12(9-16(18)19-2)17-11-13-7-8-14-5-3-4-6-15(14)10-13/h3-8,10,12,17H,9,11H2,1-2H3. The maximum absolute atomic E-state index is 11.1. The summed E-state index contributed by atoms with van der Waals surface area (Å²) < 4.78 is 4.65. The topological polar surface area (TPSA) is 38.3 Å². The molecule has 100 valence electrons. The van der Waals surface area contributed by atoms with Crippen molar-refractivity contribution in [1.29, 1.82) is 0 Å². The molecule has 0 bridgehead atoms. The largest absolute Gasteiger partial charge is 0.469 e. The number of carbonyl (C=O) groups excluding carboxylic acids is 1. The lowest BCUT2D eigenvalue weighted by Gasteiger charge is -2.12. The second-order valence-electron chi connectivity index (χ2n) is 4.74. The third-order valence-corrected chi connectivity index (χ3v) is 3.17. The van der Waals surface area contributed by atoms with Gasteiger partial charge >= 0.3 is 5.97 Å². The van der Waals surface area contributed by atoms with Gasteiger partial charge < -0.3 is 10.1 Å². The van der Waals surface area contributed by atoms with E-state index in [0.717, 1.165) is 6.54 Å². The molecule has 3 nitrogen and oxygen atoms in total. The first-order valence-corrected chi connectivity index (χ1v) is 6.47. The summed E-state index contributed by atoms with van der Waals surface area (Å²) in [4.78, 5) is 11.1. The summed E-state index contributed by atoms with van der Waals surface area (Å²) in [5, 5.41) is 5.81. The predicted octanol–water partition coefficient (Wildman–Crippen LogP) is 2.88. The summed E-state index contributed by atoms with van der Waals surface area (Å²) in [6.07, 6.45) is 0.393. The zero-order valence-electron chi connectivity index (χ0n) is 11.3. The Morgan fingerprint density at radius 1 is 1.21 bits per heavy atom. The molecule has 0 aliphatic carbocycles. The van der Waals surface area contributed by atoms with Crippen LogP contribution in [0.1, 0.15) is 18.9 Å². The molecule has 1 unspecified atom stereocenters. The maximum atomic E-state index is 11.1. The number of fused-ring (bicyclic) bond motifs is 1. The summed E-state index contributed by atoms with van der Waals surface area (Å²) in [5.74, 6) is -0.182. The number of hydrogen-bond acceptors (Lipinski definition) is 3. The van der Waals surface area contributed by atoms with E-state index in [9.17, 15) is 4.79 Å². The van der Waals surface area contributed by atoms with Crippen LogP contribution in [0.5, 0.6) is 0 Å². The van der Waals surface area contributed by atoms with Crippen molar-refractivity contribution in [3.8, 4) is 0 Å². The fraction of sp³-hybridized carbons (Fsp3) is 0.312. The molecule has 0 amide bonds. The molecule has 0 saturated carbocycles. The van der Waals surface area contributed by atoms with E-state index in [1.165, 1.54) is 23.4 Å². The highest BCUT2D eigenvalue weighted by molar-refractivity contribution is 5.82. The van der Waals surface area contributed by atoms with Crippen LogP contribution in [0, 0.1) is 0 Å². The molecule has 0 aliphatic rings. The number of nitrogens with one attached hydrogen (secondary N) is 1. The van der Waals surface area contributed by atoms with Gasteiger partial charge in [-0.3, -0.25) is 4.79 Å². The molecule has 0 spiro atoms.